The van der Waals surface area contributed by atoms with Gasteiger partial charge in [0.1, 0.15) is 0 Å². The first-order valence-corrected chi connectivity index (χ1v) is 3.93. The van der Waals surface area contributed by atoms with Crippen LogP contribution in [0.2, 0.25) is 0 Å². The van der Waals surface area contributed by atoms with Gasteiger partial charge in [0.05, 0.1) is 0 Å². The van der Waals surface area contributed by atoms with Crippen LogP contribution in [-0.2, 0) is 4.79 Å². The predicted octanol–water partition coefficient (Wildman–Crippen LogP) is 0.572. The first-order valence-electron chi connectivity index (χ1n) is 3.93. The molecule has 63 valence electrons. The molecular weight excluding hydrogens is 247 g/mol. The fourth-order valence-corrected chi connectivity index (χ4v) is 0.939. The molecule has 0 saturated heterocycles. The molecule has 3 heteroatoms. The number of carbonyl (C=O) groups excluding carboxylic acids is 1. The molecule has 0 rings (SSSR count). The van der Waals surface area contributed by atoms with E-state index in [-0.39, 0.29) is 29.8 Å². The molecule has 0 aromatic heterocycles. The monoisotopic (exact) mass is 263 g/mol. The van der Waals surface area contributed by atoms with Crippen molar-refractivity contribution >= 4 is 29.9 Å². The second-order valence-corrected chi connectivity index (χ2v) is 2.57. The molecule has 3 radical (unpaired) electrons. The second kappa shape index (κ2) is 8.37. The van der Waals surface area contributed by atoms with Crippen molar-refractivity contribution in [2.24, 2.45) is 5.92 Å². The van der Waals surface area contributed by atoms with Crippen molar-refractivity contribution in [2.75, 3.05) is 0 Å². The largest absolute Gasteiger partial charge is 1.00 e. The normalized spacial score (nSPS) is 11.8. The molecule has 0 aromatic rings. The first-order chi connectivity index (χ1) is 4.72. The summed E-state index contributed by atoms with van der Waals surface area (Å²) in [4.78, 5) is 10.3. The zero-order valence-electron chi connectivity index (χ0n) is 7.22. The molecule has 1 unspecified atom stereocenters. The van der Waals surface area contributed by atoms with Crippen molar-refractivity contribution in [1.29, 1.82) is 0 Å². The van der Waals surface area contributed by atoms with Gasteiger partial charge in [-0.15, -0.1) is 0 Å². The number of unbranched alkanes of at least 4 members (excludes halogenated alkanes) is 1. The summed E-state index contributed by atoms with van der Waals surface area (Å²) in [6.45, 7) is 3.94. The molecule has 0 aliphatic carbocycles. The topological polar surface area (TPSA) is 40.1 Å². The molecule has 11 heavy (non-hydrogen) atoms. The quantitative estimate of drug-likeness (QED) is 0.679. The molecule has 0 fully saturated rings. The van der Waals surface area contributed by atoms with Gasteiger partial charge in [0.2, 0.25) is 0 Å². The van der Waals surface area contributed by atoms with Crippen LogP contribution < -0.4 is 5.11 Å². The summed E-state index contributed by atoms with van der Waals surface area (Å²) in [6, 6.07) is 0. The maximum atomic E-state index is 10.3. The molecular formula is C8H15O2Sn. The Balaban J connectivity index is 0. The molecule has 2 nitrogen and oxygen atoms in total. The third-order valence-corrected chi connectivity index (χ3v) is 1.73. The van der Waals surface area contributed by atoms with Gasteiger partial charge in [-0.1, -0.05) is 26.7 Å². The molecule has 1 atom stereocenters. The van der Waals surface area contributed by atoms with Crippen molar-refractivity contribution in [3.8, 4) is 0 Å². The number of rotatable bonds is 5. The van der Waals surface area contributed by atoms with E-state index in [1.165, 1.54) is 0 Å². The fourth-order valence-electron chi connectivity index (χ4n) is 0.939. The van der Waals surface area contributed by atoms with Crippen LogP contribution in [-0.4, -0.2) is 29.9 Å². The SMILES string of the molecule is CCCCC(CC)C(=O)[O-].[Sn+]. The zero-order valence-corrected chi connectivity index (χ0v) is 10.1. The van der Waals surface area contributed by atoms with Crippen LogP contribution in [0.5, 0.6) is 0 Å². The Hall–Kier alpha value is 0.269. The number of carbonyl (C=O) groups is 1. The Morgan fingerprint density at radius 1 is 1.45 bits per heavy atom. The minimum absolute atomic E-state index is 0. The van der Waals surface area contributed by atoms with Crippen molar-refractivity contribution in [2.45, 2.75) is 39.5 Å². The Morgan fingerprint density at radius 2 is 2.00 bits per heavy atom. The molecule has 0 saturated carbocycles. The van der Waals surface area contributed by atoms with Crippen LogP contribution in [0.4, 0.5) is 0 Å². The van der Waals surface area contributed by atoms with E-state index in [0.29, 0.717) is 6.42 Å². The smallest absolute Gasteiger partial charge is 0.550 e. The first kappa shape index (κ1) is 13.8. The summed E-state index contributed by atoms with van der Waals surface area (Å²) >= 11 is 0. The summed E-state index contributed by atoms with van der Waals surface area (Å²) in [7, 11) is 0. The minimum Gasteiger partial charge on any atom is -0.550 e. The summed E-state index contributed by atoms with van der Waals surface area (Å²) in [6.07, 6.45) is 3.52. The Labute approximate surface area is 85.3 Å². The summed E-state index contributed by atoms with van der Waals surface area (Å²) in [5.41, 5.74) is 0. The molecule has 0 aliphatic heterocycles. The van der Waals surface area contributed by atoms with E-state index < -0.39 is 5.97 Å². The third kappa shape index (κ3) is 6.66. The molecule has 0 bridgehead atoms. The van der Waals surface area contributed by atoms with Gasteiger partial charge < -0.3 is 9.90 Å². The number of hydrogen-bond donors (Lipinski definition) is 0. The van der Waals surface area contributed by atoms with E-state index in [1.807, 2.05) is 6.92 Å². The van der Waals surface area contributed by atoms with Gasteiger partial charge in [-0.3, -0.25) is 0 Å². The second-order valence-electron chi connectivity index (χ2n) is 2.57. The Kier molecular flexibility index (Phi) is 10.5. The van der Waals surface area contributed by atoms with Crippen molar-refractivity contribution in [3.05, 3.63) is 0 Å². The number of carboxylic acids is 1. The van der Waals surface area contributed by atoms with Gasteiger partial charge in [-0.25, -0.2) is 0 Å². The van der Waals surface area contributed by atoms with Crippen molar-refractivity contribution in [3.63, 3.8) is 0 Å². The van der Waals surface area contributed by atoms with Gasteiger partial charge in [0, 0.05) is 5.97 Å². The summed E-state index contributed by atoms with van der Waals surface area (Å²) < 4.78 is 0. The van der Waals surface area contributed by atoms with E-state index in [9.17, 15) is 9.90 Å². The van der Waals surface area contributed by atoms with Crippen molar-refractivity contribution in [1.82, 2.24) is 0 Å². The summed E-state index contributed by atoms with van der Waals surface area (Å²) in [5.74, 6) is -1.11. The molecule has 0 spiro atoms. The fraction of sp³-hybridized carbons (Fsp3) is 0.875. The van der Waals surface area contributed by atoms with Gasteiger partial charge >= 0.3 is 23.9 Å². The van der Waals surface area contributed by atoms with E-state index in [4.69, 9.17) is 0 Å². The molecule has 0 aromatic carbocycles. The van der Waals surface area contributed by atoms with Crippen LogP contribution in [0, 0.1) is 5.92 Å². The maximum absolute atomic E-state index is 10.3. The van der Waals surface area contributed by atoms with Gasteiger partial charge in [-0.2, -0.15) is 0 Å². The van der Waals surface area contributed by atoms with Crippen LogP contribution in [0.1, 0.15) is 39.5 Å². The average Bonchev–Trinajstić information content (AvgIpc) is 1.89. The standard InChI is InChI=1S/C8H16O2.Sn/c1-3-5-6-7(4-2)8(9)10;/h7H,3-6H2,1-2H3,(H,9,10);/q;+1/p-1. The maximum Gasteiger partial charge on any atom is 1.00 e. The molecule has 0 heterocycles. The van der Waals surface area contributed by atoms with Gasteiger partial charge in [0.25, 0.3) is 0 Å². The number of aliphatic carboxylic acids is 1. The molecule has 0 N–H and O–H groups in total. The molecule has 0 amide bonds. The van der Waals surface area contributed by atoms with Gasteiger partial charge in [-0.05, 0) is 18.8 Å². The van der Waals surface area contributed by atoms with E-state index >= 15 is 0 Å². The van der Waals surface area contributed by atoms with E-state index in [2.05, 4.69) is 6.92 Å². The van der Waals surface area contributed by atoms with Crippen LogP contribution >= 0.6 is 0 Å². The predicted molar refractivity (Wildman–Crippen MR) is 44.1 cm³/mol. The number of hydrogen-bond acceptors (Lipinski definition) is 2. The Morgan fingerprint density at radius 3 is 2.27 bits per heavy atom. The van der Waals surface area contributed by atoms with E-state index in [0.717, 1.165) is 19.3 Å². The van der Waals surface area contributed by atoms with Crippen LogP contribution in [0.3, 0.4) is 0 Å². The van der Waals surface area contributed by atoms with Gasteiger partial charge in [0.15, 0.2) is 0 Å². The minimum atomic E-state index is -0.893. The zero-order chi connectivity index (χ0) is 7.98. The summed E-state index contributed by atoms with van der Waals surface area (Å²) in [5, 5.41) is 10.3. The van der Waals surface area contributed by atoms with Crippen LogP contribution in [0.15, 0.2) is 0 Å². The van der Waals surface area contributed by atoms with Crippen LogP contribution in [0.25, 0.3) is 0 Å². The number of carboxylic acid groups (broad SMARTS) is 1. The van der Waals surface area contributed by atoms with Crippen molar-refractivity contribution < 1.29 is 9.90 Å². The third-order valence-electron chi connectivity index (χ3n) is 1.73. The Bertz CT molecular complexity index is 104. The van der Waals surface area contributed by atoms with E-state index in [1.54, 1.807) is 0 Å². The molecule has 0 aliphatic rings. The average molecular weight is 262 g/mol.